The maximum atomic E-state index is 14.3. The topological polar surface area (TPSA) is 189 Å². The molecule has 1 heterocycles. The SMILES string of the molecule is CC(C)[C@@H]1CC(C(=O)NC(CC2CCC2)C(=O)C(N)=O)N(C(=O)C(NC(=O)N[C@@H](COC(=O)NCc2ccccc2)C(C)(C)C)C(C)(C)C)C1. The first-order valence-electron chi connectivity index (χ1n) is 17.7. The lowest BCUT2D eigenvalue weighted by atomic mass is 9.80. The summed E-state index contributed by atoms with van der Waals surface area (Å²) in [6.45, 7) is 15.7. The molecule has 6 N–H and O–H groups in total. The minimum Gasteiger partial charge on any atom is -0.447 e. The molecular weight excluding hydrogens is 640 g/mol. The van der Waals surface area contributed by atoms with Crippen LogP contribution in [0.15, 0.2) is 30.3 Å². The number of nitrogens with one attached hydrogen (secondary N) is 4. The smallest absolute Gasteiger partial charge is 0.407 e. The van der Waals surface area contributed by atoms with E-state index in [4.69, 9.17) is 10.5 Å². The van der Waals surface area contributed by atoms with Gasteiger partial charge in [-0.1, -0.05) is 105 Å². The molecule has 13 heteroatoms. The lowest BCUT2D eigenvalue weighted by Crippen LogP contribution is -2.61. The predicted octanol–water partition coefficient (Wildman–Crippen LogP) is 3.64. The van der Waals surface area contributed by atoms with Gasteiger partial charge >= 0.3 is 12.1 Å². The number of nitrogens with zero attached hydrogens (tertiary/aromatic N) is 1. The van der Waals surface area contributed by atoms with Crippen molar-refractivity contribution in [1.29, 1.82) is 0 Å². The fraction of sp³-hybridized carbons (Fsp3) is 0.676. The summed E-state index contributed by atoms with van der Waals surface area (Å²) in [5, 5.41) is 11.2. The van der Waals surface area contributed by atoms with Crippen molar-refractivity contribution in [1.82, 2.24) is 26.2 Å². The number of hydrogen-bond acceptors (Lipinski definition) is 7. The number of ether oxygens (including phenoxy) is 1. The molecule has 0 aromatic heterocycles. The van der Waals surface area contributed by atoms with E-state index >= 15 is 0 Å². The Morgan fingerprint density at radius 1 is 0.920 bits per heavy atom. The van der Waals surface area contributed by atoms with Crippen molar-refractivity contribution in [3.63, 3.8) is 0 Å². The number of likely N-dealkylation sites (tertiary alicyclic amines) is 1. The monoisotopic (exact) mass is 698 g/mol. The molecule has 50 heavy (non-hydrogen) atoms. The van der Waals surface area contributed by atoms with Gasteiger partial charge in [0.25, 0.3) is 5.91 Å². The van der Waals surface area contributed by atoms with Crippen molar-refractivity contribution >= 4 is 35.6 Å². The van der Waals surface area contributed by atoms with Gasteiger partial charge in [-0.05, 0) is 47.0 Å². The Bertz CT molecular complexity index is 1370. The van der Waals surface area contributed by atoms with Crippen LogP contribution < -0.4 is 27.0 Å². The molecule has 1 saturated carbocycles. The summed E-state index contributed by atoms with van der Waals surface area (Å²) < 4.78 is 5.46. The molecule has 3 unspecified atom stereocenters. The molecule has 0 bridgehead atoms. The molecule has 1 aliphatic carbocycles. The fourth-order valence-corrected chi connectivity index (χ4v) is 6.21. The molecule has 6 amide bonds. The standard InChI is InChI=1S/C37H58N6O7/c1-22(2)25-18-27(32(46)40-26(29(44)31(38)45)17-23-15-12-16-23)43(20-25)33(47)30(37(6,7)8)42-34(48)41-28(36(3,4)5)21-50-35(49)39-19-24-13-10-9-11-14-24/h9-11,13-14,22-23,25-28,30H,12,15-21H2,1-8H3,(H2,38,45)(H,39,49)(H,40,46)(H2,41,42,48)/t25-,26?,27?,28+,30?/m1/s1. The van der Waals surface area contributed by atoms with E-state index in [2.05, 4.69) is 21.3 Å². The van der Waals surface area contributed by atoms with Crippen LogP contribution in [0.25, 0.3) is 0 Å². The average molecular weight is 699 g/mol. The minimum atomic E-state index is -1.11. The highest BCUT2D eigenvalue weighted by Crippen LogP contribution is 2.33. The number of alkyl carbamates (subject to hydrolysis) is 1. The van der Waals surface area contributed by atoms with Crippen LogP contribution in [0.5, 0.6) is 0 Å². The molecule has 2 fully saturated rings. The molecule has 3 rings (SSSR count). The van der Waals surface area contributed by atoms with Crippen LogP contribution in [0.4, 0.5) is 9.59 Å². The van der Waals surface area contributed by atoms with E-state index in [0.29, 0.717) is 19.4 Å². The van der Waals surface area contributed by atoms with E-state index in [1.165, 1.54) is 4.90 Å². The Morgan fingerprint density at radius 3 is 2.08 bits per heavy atom. The third kappa shape index (κ3) is 11.4. The van der Waals surface area contributed by atoms with Gasteiger partial charge in [0.1, 0.15) is 18.7 Å². The van der Waals surface area contributed by atoms with Crippen LogP contribution in [0.2, 0.25) is 0 Å². The van der Waals surface area contributed by atoms with E-state index in [0.717, 1.165) is 24.8 Å². The van der Waals surface area contributed by atoms with Gasteiger partial charge in [0, 0.05) is 13.1 Å². The summed E-state index contributed by atoms with van der Waals surface area (Å²) >= 11 is 0. The summed E-state index contributed by atoms with van der Waals surface area (Å²) in [7, 11) is 0. The van der Waals surface area contributed by atoms with Crippen molar-refractivity contribution in [2.45, 2.75) is 118 Å². The summed E-state index contributed by atoms with van der Waals surface area (Å²) in [5.41, 5.74) is 4.97. The van der Waals surface area contributed by atoms with Gasteiger partial charge in [-0.15, -0.1) is 0 Å². The highest BCUT2D eigenvalue weighted by molar-refractivity contribution is 6.37. The molecule has 278 valence electrons. The zero-order valence-electron chi connectivity index (χ0n) is 31.0. The first-order chi connectivity index (χ1) is 23.3. The Balaban J connectivity index is 1.73. The maximum absolute atomic E-state index is 14.3. The Kier molecular flexibility index (Phi) is 13.8. The van der Waals surface area contributed by atoms with Crippen molar-refractivity contribution in [3.05, 3.63) is 35.9 Å². The minimum absolute atomic E-state index is 0.00322. The van der Waals surface area contributed by atoms with Gasteiger partial charge in [0.15, 0.2) is 0 Å². The fourth-order valence-electron chi connectivity index (χ4n) is 6.21. The third-order valence-corrected chi connectivity index (χ3v) is 9.93. The second-order valence-corrected chi connectivity index (χ2v) is 16.3. The molecular formula is C37H58N6O7. The quantitative estimate of drug-likeness (QED) is 0.183. The van der Waals surface area contributed by atoms with Gasteiger partial charge in [0.05, 0.1) is 12.1 Å². The third-order valence-electron chi connectivity index (χ3n) is 9.93. The zero-order chi connectivity index (χ0) is 37.4. The summed E-state index contributed by atoms with van der Waals surface area (Å²) in [4.78, 5) is 80.2. The number of primary amides is 1. The van der Waals surface area contributed by atoms with E-state index in [-0.39, 0.29) is 30.9 Å². The van der Waals surface area contributed by atoms with E-state index in [9.17, 15) is 28.8 Å². The zero-order valence-corrected chi connectivity index (χ0v) is 31.0. The lowest BCUT2D eigenvalue weighted by molar-refractivity contribution is -0.143. The summed E-state index contributed by atoms with van der Waals surface area (Å²) in [5.74, 6) is -2.54. The summed E-state index contributed by atoms with van der Waals surface area (Å²) in [6, 6.07) is 5.18. The van der Waals surface area contributed by atoms with E-state index in [1.807, 2.05) is 85.7 Å². The maximum Gasteiger partial charge on any atom is 0.407 e. The number of nitrogens with two attached hydrogens (primary N) is 1. The largest absolute Gasteiger partial charge is 0.447 e. The number of carbonyl (C=O) groups excluding carboxylic acids is 6. The number of hydrogen-bond donors (Lipinski definition) is 5. The molecule has 1 saturated heterocycles. The average Bonchev–Trinajstić information content (AvgIpc) is 3.47. The number of rotatable bonds is 14. The Labute approximate surface area is 296 Å². The van der Waals surface area contributed by atoms with Gasteiger partial charge < -0.3 is 36.6 Å². The van der Waals surface area contributed by atoms with Crippen LogP contribution in [-0.4, -0.2) is 77.8 Å². The van der Waals surface area contributed by atoms with Crippen LogP contribution >= 0.6 is 0 Å². The van der Waals surface area contributed by atoms with Gasteiger partial charge in [-0.25, -0.2) is 9.59 Å². The molecule has 1 aromatic rings. The second-order valence-electron chi connectivity index (χ2n) is 16.3. The van der Waals surface area contributed by atoms with Crippen molar-refractivity contribution in [2.75, 3.05) is 13.2 Å². The number of urea groups is 1. The second kappa shape index (κ2) is 17.2. The van der Waals surface area contributed by atoms with Gasteiger partial charge in [-0.3, -0.25) is 19.2 Å². The molecule has 0 radical (unpaired) electrons. The molecule has 0 spiro atoms. The number of ketones is 1. The van der Waals surface area contributed by atoms with Crippen LogP contribution in [0, 0.1) is 28.6 Å². The van der Waals surface area contributed by atoms with Gasteiger partial charge in [0.2, 0.25) is 17.6 Å². The van der Waals surface area contributed by atoms with Crippen molar-refractivity contribution < 1.29 is 33.5 Å². The number of amides is 6. The van der Waals surface area contributed by atoms with Crippen molar-refractivity contribution in [2.24, 2.45) is 34.3 Å². The molecule has 1 aromatic carbocycles. The highest BCUT2D eigenvalue weighted by Gasteiger charge is 2.46. The Hall–Kier alpha value is -4.16. The van der Waals surface area contributed by atoms with Gasteiger partial charge in [-0.2, -0.15) is 0 Å². The predicted molar refractivity (Wildman–Crippen MR) is 189 cm³/mol. The van der Waals surface area contributed by atoms with Crippen LogP contribution in [0.1, 0.15) is 93.1 Å². The van der Waals surface area contributed by atoms with E-state index < -0.39 is 70.6 Å². The van der Waals surface area contributed by atoms with Crippen molar-refractivity contribution in [3.8, 4) is 0 Å². The first-order valence-corrected chi connectivity index (χ1v) is 17.7. The number of carbonyl (C=O) groups is 6. The van der Waals surface area contributed by atoms with E-state index in [1.54, 1.807) is 0 Å². The first kappa shape index (κ1) is 40.3. The lowest BCUT2D eigenvalue weighted by Gasteiger charge is -2.37. The molecule has 5 atom stereocenters. The van der Waals surface area contributed by atoms with Crippen LogP contribution in [0.3, 0.4) is 0 Å². The number of Topliss-reactive ketones (excluding diaryl/α,β-unsaturated/α-hetero) is 1. The molecule has 1 aliphatic heterocycles. The molecule has 13 nitrogen and oxygen atoms in total. The summed E-state index contributed by atoms with van der Waals surface area (Å²) in [6.07, 6.45) is 2.91. The number of benzene rings is 1. The normalized spacial score (nSPS) is 19.8. The highest BCUT2D eigenvalue weighted by atomic mass is 16.5. The van der Waals surface area contributed by atoms with Crippen LogP contribution in [-0.2, 0) is 30.5 Å². The molecule has 2 aliphatic rings. The Morgan fingerprint density at radius 2 is 1.56 bits per heavy atom.